The first-order chi connectivity index (χ1) is 7.25. The van der Waals surface area contributed by atoms with Gasteiger partial charge in [-0.25, -0.2) is 0 Å². The molecule has 2 nitrogen and oxygen atoms in total. The molecule has 0 aliphatic carbocycles. The molecule has 1 aromatic carbocycles. The molecule has 0 bridgehead atoms. The van der Waals surface area contributed by atoms with Crippen molar-refractivity contribution < 1.29 is 4.74 Å². The van der Waals surface area contributed by atoms with E-state index in [9.17, 15) is 0 Å². The molecule has 0 amide bonds. The third-order valence-electron chi connectivity index (χ3n) is 2.04. The van der Waals surface area contributed by atoms with Gasteiger partial charge in [-0.1, -0.05) is 22.0 Å². The van der Waals surface area contributed by atoms with E-state index in [1.807, 2.05) is 30.0 Å². The maximum Gasteiger partial charge on any atom is 0.0470 e. The van der Waals surface area contributed by atoms with Gasteiger partial charge in [-0.05, 0) is 29.9 Å². The van der Waals surface area contributed by atoms with E-state index in [4.69, 9.17) is 10.5 Å². The lowest BCUT2D eigenvalue weighted by Gasteiger charge is -2.07. The molecular formula is C11H16BrNOS. The van der Waals surface area contributed by atoms with Crippen molar-refractivity contribution in [2.45, 2.75) is 12.2 Å². The maximum absolute atomic E-state index is 5.89. The molecule has 0 saturated carbocycles. The fourth-order valence-corrected chi connectivity index (χ4v) is 2.91. The van der Waals surface area contributed by atoms with Crippen molar-refractivity contribution in [1.29, 1.82) is 0 Å². The van der Waals surface area contributed by atoms with E-state index >= 15 is 0 Å². The summed E-state index contributed by atoms with van der Waals surface area (Å²) in [5, 5.41) is 0. The number of thioether (sulfide) groups is 1. The molecular weight excluding hydrogens is 274 g/mol. The lowest BCUT2D eigenvalue weighted by molar-refractivity contribution is 0.200. The molecule has 0 heterocycles. The van der Waals surface area contributed by atoms with Crippen molar-refractivity contribution in [3.8, 4) is 0 Å². The number of halogens is 1. The largest absolute Gasteiger partial charge is 0.398 e. The Balaban J connectivity index is 2.37. The van der Waals surface area contributed by atoms with E-state index in [2.05, 4.69) is 15.9 Å². The summed E-state index contributed by atoms with van der Waals surface area (Å²) in [6.45, 7) is 0.832. The van der Waals surface area contributed by atoms with Gasteiger partial charge in [-0.3, -0.25) is 0 Å². The summed E-state index contributed by atoms with van der Waals surface area (Å²) in [5.41, 5.74) is 7.95. The van der Waals surface area contributed by atoms with Gasteiger partial charge in [0.15, 0.2) is 0 Å². The Morgan fingerprint density at radius 1 is 1.47 bits per heavy atom. The second-order valence-electron chi connectivity index (χ2n) is 3.21. The summed E-state index contributed by atoms with van der Waals surface area (Å²) >= 11 is 5.40. The van der Waals surface area contributed by atoms with E-state index in [-0.39, 0.29) is 0 Å². The van der Waals surface area contributed by atoms with Crippen LogP contribution >= 0.6 is 27.7 Å². The second kappa shape index (κ2) is 7.14. The number of rotatable bonds is 6. The Morgan fingerprint density at radius 3 is 2.93 bits per heavy atom. The van der Waals surface area contributed by atoms with E-state index in [0.717, 1.165) is 34.7 Å². The number of nitrogen functional groups attached to an aromatic ring is 1. The summed E-state index contributed by atoms with van der Waals surface area (Å²) in [6.07, 6.45) is 1.09. The minimum absolute atomic E-state index is 0.832. The topological polar surface area (TPSA) is 35.2 Å². The molecule has 1 aromatic rings. The summed E-state index contributed by atoms with van der Waals surface area (Å²) < 4.78 is 6.09. The highest BCUT2D eigenvalue weighted by Crippen LogP contribution is 2.26. The van der Waals surface area contributed by atoms with Gasteiger partial charge in [-0.15, -0.1) is 0 Å². The predicted octanol–water partition coefficient (Wildman–Crippen LogP) is 3.30. The van der Waals surface area contributed by atoms with Crippen molar-refractivity contribution in [1.82, 2.24) is 0 Å². The fourth-order valence-electron chi connectivity index (χ4n) is 1.21. The van der Waals surface area contributed by atoms with Gasteiger partial charge in [0, 0.05) is 29.6 Å². The smallest absolute Gasteiger partial charge is 0.0470 e. The molecule has 84 valence electrons. The zero-order valence-electron chi connectivity index (χ0n) is 8.83. The first-order valence-electron chi connectivity index (χ1n) is 4.85. The minimum atomic E-state index is 0.832. The molecule has 0 atom stereocenters. The van der Waals surface area contributed by atoms with Crippen LogP contribution in [0.5, 0.6) is 0 Å². The van der Waals surface area contributed by atoms with Crippen molar-refractivity contribution in [2.75, 3.05) is 25.2 Å². The molecule has 0 aromatic heterocycles. The van der Waals surface area contributed by atoms with Gasteiger partial charge < -0.3 is 10.5 Å². The number of benzene rings is 1. The number of ether oxygens (including phenoxy) is 1. The van der Waals surface area contributed by atoms with Gasteiger partial charge in [-0.2, -0.15) is 11.8 Å². The lowest BCUT2D eigenvalue weighted by atomic mass is 10.2. The van der Waals surface area contributed by atoms with Crippen LogP contribution in [0.4, 0.5) is 5.69 Å². The van der Waals surface area contributed by atoms with Crippen LogP contribution in [0.25, 0.3) is 0 Å². The Hall–Kier alpha value is -0.190. The van der Waals surface area contributed by atoms with Crippen LogP contribution < -0.4 is 5.73 Å². The highest BCUT2D eigenvalue weighted by atomic mass is 79.9. The molecule has 4 heteroatoms. The monoisotopic (exact) mass is 289 g/mol. The molecule has 0 unspecified atom stereocenters. The zero-order valence-corrected chi connectivity index (χ0v) is 11.2. The Morgan fingerprint density at radius 2 is 2.27 bits per heavy atom. The number of anilines is 1. The molecule has 0 aliphatic rings. The van der Waals surface area contributed by atoms with Crippen LogP contribution in [0.1, 0.15) is 12.0 Å². The molecule has 1 rings (SSSR count). The molecule has 0 saturated heterocycles. The van der Waals surface area contributed by atoms with E-state index < -0.39 is 0 Å². The van der Waals surface area contributed by atoms with Gasteiger partial charge in [0.05, 0.1) is 0 Å². The van der Waals surface area contributed by atoms with Crippen LogP contribution in [0, 0.1) is 0 Å². The second-order valence-corrected chi connectivity index (χ2v) is 5.17. The highest BCUT2D eigenvalue weighted by molar-refractivity contribution is 9.10. The van der Waals surface area contributed by atoms with Gasteiger partial charge in [0.25, 0.3) is 0 Å². The number of nitrogens with two attached hydrogens (primary N) is 1. The Kier molecular flexibility index (Phi) is 6.13. The molecule has 0 fully saturated rings. The molecule has 0 radical (unpaired) electrons. The average Bonchev–Trinajstić information content (AvgIpc) is 2.21. The Bertz CT molecular complexity index is 286. The number of hydrogen-bond donors (Lipinski definition) is 1. The molecule has 15 heavy (non-hydrogen) atoms. The lowest BCUT2D eigenvalue weighted by Crippen LogP contribution is -1.95. The number of hydrogen-bond acceptors (Lipinski definition) is 3. The highest BCUT2D eigenvalue weighted by Gasteiger charge is 2.03. The summed E-state index contributed by atoms with van der Waals surface area (Å²) in [6, 6.07) is 5.93. The summed E-state index contributed by atoms with van der Waals surface area (Å²) in [4.78, 5) is 0. The quantitative estimate of drug-likeness (QED) is 0.645. The van der Waals surface area contributed by atoms with Crippen molar-refractivity contribution in [2.24, 2.45) is 0 Å². The van der Waals surface area contributed by atoms with Crippen molar-refractivity contribution >= 4 is 33.4 Å². The SMILES string of the molecule is COCCCSCc1c(N)cccc1Br. The Labute approximate surface area is 104 Å². The van der Waals surface area contributed by atoms with Crippen LogP contribution in [-0.4, -0.2) is 19.5 Å². The standard InChI is InChI=1S/C11H16BrNOS/c1-14-6-3-7-15-8-9-10(12)4-2-5-11(9)13/h2,4-5H,3,6-8,13H2,1H3. The maximum atomic E-state index is 5.89. The third kappa shape index (κ3) is 4.45. The molecule has 0 spiro atoms. The van der Waals surface area contributed by atoms with E-state index in [0.29, 0.717) is 0 Å². The summed E-state index contributed by atoms with van der Waals surface area (Å²) in [5.74, 6) is 2.06. The first-order valence-corrected chi connectivity index (χ1v) is 6.80. The van der Waals surface area contributed by atoms with Crippen LogP contribution in [0.2, 0.25) is 0 Å². The van der Waals surface area contributed by atoms with Gasteiger partial charge in [0.2, 0.25) is 0 Å². The molecule has 2 N–H and O–H groups in total. The summed E-state index contributed by atoms with van der Waals surface area (Å²) in [7, 11) is 1.73. The first kappa shape index (κ1) is 12.9. The zero-order chi connectivity index (χ0) is 11.1. The van der Waals surface area contributed by atoms with Crippen LogP contribution in [-0.2, 0) is 10.5 Å². The van der Waals surface area contributed by atoms with Crippen molar-refractivity contribution in [3.05, 3.63) is 28.2 Å². The van der Waals surface area contributed by atoms with Gasteiger partial charge in [0.1, 0.15) is 0 Å². The predicted molar refractivity (Wildman–Crippen MR) is 71.2 cm³/mol. The average molecular weight is 290 g/mol. The van der Waals surface area contributed by atoms with Gasteiger partial charge >= 0.3 is 0 Å². The minimum Gasteiger partial charge on any atom is -0.398 e. The van der Waals surface area contributed by atoms with Crippen molar-refractivity contribution in [3.63, 3.8) is 0 Å². The van der Waals surface area contributed by atoms with E-state index in [1.54, 1.807) is 7.11 Å². The number of methoxy groups -OCH3 is 1. The van der Waals surface area contributed by atoms with Crippen LogP contribution in [0.3, 0.4) is 0 Å². The van der Waals surface area contributed by atoms with E-state index in [1.165, 1.54) is 5.56 Å². The van der Waals surface area contributed by atoms with Crippen LogP contribution in [0.15, 0.2) is 22.7 Å². The normalized spacial score (nSPS) is 10.5. The third-order valence-corrected chi connectivity index (χ3v) is 3.85. The fraction of sp³-hybridized carbons (Fsp3) is 0.455. The molecule has 0 aliphatic heterocycles.